The van der Waals surface area contributed by atoms with E-state index in [4.69, 9.17) is 9.47 Å². The van der Waals surface area contributed by atoms with Crippen LogP contribution in [0.4, 0.5) is 0 Å². The molecule has 0 aliphatic rings. The smallest absolute Gasteiger partial charge is 0.310 e. The van der Waals surface area contributed by atoms with E-state index >= 15 is 0 Å². The van der Waals surface area contributed by atoms with E-state index in [0.717, 1.165) is 11.1 Å². The summed E-state index contributed by atoms with van der Waals surface area (Å²) in [7, 11) is 3.07. The van der Waals surface area contributed by atoms with Crippen LogP contribution in [0.3, 0.4) is 0 Å². The summed E-state index contributed by atoms with van der Waals surface area (Å²) in [4.78, 5) is 11.2. The minimum atomic E-state index is -0.900. The van der Waals surface area contributed by atoms with Gasteiger partial charge >= 0.3 is 5.97 Å². The molecule has 0 bridgehead atoms. The Hall–Kier alpha value is -2.49. The predicted octanol–water partition coefficient (Wildman–Crippen LogP) is 3.56. The summed E-state index contributed by atoms with van der Waals surface area (Å²) in [6, 6.07) is 13.4. The molecule has 0 aliphatic heterocycles. The minimum absolute atomic E-state index is 0.466. The van der Waals surface area contributed by atoms with Gasteiger partial charge in [0, 0.05) is 11.1 Å². The fourth-order valence-electron chi connectivity index (χ4n) is 2.31. The van der Waals surface area contributed by atoms with Crippen molar-refractivity contribution in [2.24, 2.45) is 0 Å². The first-order valence-corrected chi connectivity index (χ1v) is 6.63. The summed E-state index contributed by atoms with van der Waals surface area (Å²) in [5.74, 6) is -0.551. The number of carboxylic acids is 1. The van der Waals surface area contributed by atoms with Gasteiger partial charge in [0.15, 0.2) is 11.5 Å². The van der Waals surface area contributed by atoms with Gasteiger partial charge in [-0.05, 0) is 12.5 Å². The molecular formula is C17H18O4. The molecule has 0 amide bonds. The third kappa shape index (κ3) is 2.84. The molecule has 2 aromatic rings. The van der Waals surface area contributed by atoms with Crippen LogP contribution in [-0.2, 0) is 4.79 Å². The number of aliphatic carboxylic acids is 1. The molecule has 0 aliphatic carbocycles. The van der Waals surface area contributed by atoms with Crippen LogP contribution < -0.4 is 9.47 Å². The molecule has 2 rings (SSSR count). The molecule has 0 radical (unpaired) electrons. The third-order valence-electron chi connectivity index (χ3n) is 3.47. The standard InChI is InChI=1S/C17H18O4/c1-11(17(18)19)13-9-10-14(12-7-5-4-6-8-12)16(21-3)15(13)20-2/h4-11H,1-3H3,(H,18,19). The van der Waals surface area contributed by atoms with Gasteiger partial charge in [0.1, 0.15) is 0 Å². The lowest BCUT2D eigenvalue weighted by molar-refractivity contribution is -0.138. The van der Waals surface area contributed by atoms with Gasteiger partial charge < -0.3 is 14.6 Å². The van der Waals surface area contributed by atoms with Crippen LogP contribution in [0.5, 0.6) is 11.5 Å². The molecule has 0 aromatic heterocycles. The van der Waals surface area contributed by atoms with Crippen molar-refractivity contribution in [1.82, 2.24) is 0 Å². The summed E-state index contributed by atoms with van der Waals surface area (Å²) < 4.78 is 10.9. The molecule has 4 nitrogen and oxygen atoms in total. The van der Waals surface area contributed by atoms with Gasteiger partial charge in [-0.2, -0.15) is 0 Å². The zero-order chi connectivity index (χ0) is 15.4. The average Bonchev–Trinajstić information content (AvgIpc) is 2.53. The van der Waals surface area contributed by atoms with Crippen molar-refractivity contribution < 1.29 is 19.4 Å². The van der Waals surface area contributed by atoms with Gasteiger partial charge in [0.05, 0.1) is 20.1 Å². The molecule has 4 heteroatoms. The van der Waals surface area contributed by atoms with Crippen LogP contribution in [0.1, 0.15) is 18.4 Å². The zero-order valence-corrected chi connectivity index (χ0v) is 12.3. The highest BCUT2D eigenvalue weighted by Crippen LogP contribution is 2.42. The number of ether oxygens (including phenoxy) is 2. The second-order valence-electron chi connectivity index (χ2n) is 4.69. The molecule has 110 valence electrons. The molecular weight excluding hydrogens is 268 g/mol. The normalized spacial score (nSPS) is 11.8. The Labute approximate surface area is 123 Å². The maximum absolute atomic E-state index is 11.2. The minimum Gasteiger partial charge on any atom is -0.493 e. The molecule has 0 saturated carbocycles. The Morgan fingerprint density at radius 2 is 1.62 bits per heavy atom. The van der Waals surface area contributed by atoms with Crippen LogP contribution in [-0.4, -0.2) is 25.3 Å². The molecule has 0 heterocycles. The molecule has 1 atom stereocenters. The van der Waals surface area contributed by atoms with Crippen molar-refractivity contribution >= 4 is 5.97 Å². The van der Waals surface area contributed by atoms with Gasteiger partial charge in [-0.3, -0.25) is 4.79 Å². The summed E-state index contributed by atoms with van der Waals surface area (Å²) in [6.45, 7) is 1.63. The van der Waals surface area contributed by atoms with Gasteiger partial charge in [-0.25, -0.2) is 0 Å². The van der Waals surface area contributed by atoms with Crippen molar-refractivity contribution in [3.05, 3.63) is 48.0 Å². The monoisotopic (exact) mass is 286 g/mol. The maximum atomic E-state index is 11.2. The fourth-order valence-corrected chi connectivity index (χ4v) is 2.31. The average molecular weight is 286 g/mol. The second kappa shape index (κ2) is 6.31. The summed E-state index contributed by atoms with van der Waals surface area (Å²) in [5.41, 5.74) is 2.46. The quantitative estimate of drug-likeness (QED) is 0.913. The Balaban J connectivity index is 2.63. The van der Waals surface area contributed by atoms with Crippen molar-refractivity contribution in [3.8, 4) is 22.6 Å². The molecule has 2 aromatic carbocycles. The first-order valence-electron chi connectivity index (χ1n) is 6.63. The molecule has 0 fully saturated rings. The van der Waals surface area contributed by atoms with Gasteiger partial charge in [-0.15, -0.1) is 0 Å². The number of carbonyl (C=O) groups is 1. The lowest BCUT2D eigenvalue weighted by Crippen LogP contribution is -2.10. The topological polar surface area (TPSA) is 55.8 Å². The van der Waals surface area contributed by atoms with Crippen molar-refractivity contribution in [2.45, 2.75) is 12.8 Å². The first kappa shape index (κ1) is 14.9. The van der Waals surface area contributed by atoms with E-state index in [9.17, 15) is 9.90 Å². The van der Waals surface area contributed by atoms with Crippen molar-refractivity contribution in [3.63, 3.8) is 0 Å². The van der Waals surface area contributed by atoms with Gasteiger partial charge in [0.2, 0.25) is 0 Å². The molecule has 21 heavy (non-hydrogen) atoms. The van der Waals surface area contributed by atoms with Crippen LogP contribution in [0.25, 0.3) is 11.1 Å². The Morgan fingerprint density at radius 3 is 2.14 bits per heavy atom. The SMILES string of the molecule is COc1c(-c2ccccc2)ccc(C(C)C(=O)O)c1OC. The van der Waals surface area contributed by atoms with Crippen molar-refractivity contribution in [1.29, 1.82) is 0 Å². The number of carboxylic acid groups (broad SMARTS) is 1. The van der Waals surface area contributed by atoms with Crippen molar-refractivity contribution in [2.75, 3.05) is 14.2 Å². The Kier molecular flexibility index (Phi) is 4.48. The number of methoxy groups -OCH3 is 2. The molecule has 1 unspecified atom stereocenters. The lowest BCUT2D eigenvalue weighted by Gasteiger charge is -2.18. The number of hydrogen-bond acceptors (Lipinski definition) is 3. The molecule has 0 spiro atoms. The van der Waals surface area contributed by atoms with E-state index in [1.807, 2.05) is 36.4 Å². The molecule has 0 saturated heterocycles. The predicted molar refractivity (Wildman–Crippen MR) is 81.0 cm³/mol. The van der Waals surface area contributed by atoms with E-state index in [2.05, 4.69) is 0 Å². The van der Waals surface area contributed by atoms with E-state index in [-0.39, 0.29) is 0 Å². The van der Waals surface area contributed by atoms with E-state index < -0.39 is 11.9 Å². The highest BCUT2D eigenvalue weighted by Gasteiger charge is 2.23. The number of rotatable bonds is 5. The second-order valence-corrected chi connectivity index (χ2v) is 4.69. The zero-order valence-electron chi connectivity index (χ0n) is 12.3. The largest absolute Gasteiger partial charge is 0.493 e. The Morgan fingerprint density at radius 1 is 1.00 bits per heavy atom. The van der Waals surface area contributed by atoms with Crippen LogP contribution in [0.2, 0.25) is 0 Å². The maximum Gasteiger partial charge on any atom is 0.310 e. The van der Waals surface area contributed by atoms with E-state index in [0.29, 0.717) is 17.1 Å². The highest BCUT2D eigenvalue weighted by atomic mass is 16.5. The van der Waals surface area contributed by atoms with Gasteiger partial charge in [-0.1, -0.05) is 42.5 Å². The summed E-state index contributed by atoms with van der Waals surface area (Å²) in [5, 5.41) is 9.21. The summed E-state index contributed by atoms with van der Waals surface area (Å²) >= 11 is 0. The highest BCUT2D eigenvalue weighted by molar-refractivity contribution is 5.81. The van der Waals surface area contributed by atoms with E-state index in [1.54, 1.807) is 20.1 Å². The van der Waals surface area contributed by atoms with Gasteiger partial charge in [0.25, 0.3) is 0 Å². The Bertz CT molecular complexity index is 635. The van der Waals surface area contributed by atoms with Crippen LogP contribution in [0, 0.1) is 0 Å². The number of benzene rings is 2. The number of hydrogen-bond donors (Lipinski definition) is 1. The summed E-state index contributed by atoms with van der Waals surface area (Å²) in [6.07, 6.45) is 0. The van der Waals surface area contributed by atoms with Crippen LogP contribution in [0.15, 0.2) is 42.5 Å². The first-order chi connectivity index (χ1) is 10.1. The lowest BCUT2D eigenvalue weighted by atomic mass is 9.95. The molecule has 1 N–H and O–H groups in total. The van der Waals surface area contributed by atoms with E-state index in [1.165, 1.54) is 7.11 Å². The fraction of sp³-hybridized carbons (Fsp3) is 0.235. The third-order valence-corrected chi connectivity index (χ3v) is 3.47. The van der Waals surface area contributed by atoms with Crippen LogP contribution >= 0.6 is 0 Å².